The summed E-state index contributed by atoms with van der Waals surface area (Å²) >= 11 is 1.75. The van der Waals surface area contributed by atoms with Crippen LogP contribution in [-0.4, -0.2) is 6.47 Å². The lowest BCUT2D eigenvalue weighted by atomic mass is 10.3. The Kier molecular flexibility index (Phi) is 3.15. The van der Waals surface area contributed by atoms with Crippen LogP contribution in [0.15, 0.2) is 24.3 Å². The van der Waals surface area contributed by atoms with E-state index in [1.165, 1.54) is 0 Å². The molecular weight excluding hydrogens is 259 g/mol. The number of rotatable bonds is 3. The van der Waals surface area contributed by atoms with Crippen molar-refractivity contribution in [2.75, 3.05) is 0 Å². The Morgan fingerprint density at radius 1 is 1.36 bits per heavy atom. The van der Waals surface area contributed by atoms with Crippen molar-refractivity contribution in [3.8, 4) is 11.5 Å². The Morgan fingerprint density at radius 2 is 2.09 bits per heavy atom. The minimum Gasteiger partial charge on any atom is -0.429 e. The Balaban J connectivity index is 2.82. The number of benzene rings is 1. The maximum Gasteiger partial charge on any atom is 0.298 e. The molecule has 0 heterocycles. The second-order valence-electron chi connectivity index (χ2n) is 1.77. The maximum absolute atomic E-state index is 9.91. The van der Waals surface area contributed by atoms with E-state index in [4.69, 9.17) is 3.07 Å². The molecule has 0 saturated carbocycles. The molecule has 0 spiro atoms. The van der Waals surface area contributed by atoms with Gasteiger partial charge in [0.15, 0.2) is 23.0 Å². The molecule has 11 heavy (non-hydrogen) atoms. The molecular formula is C7H5IO3. The largest absolute Gasteiger partial charge is 0.429 e. The van der Waals surface area contributed by atoms with Gasteiger partial charge in [-0.3, -0.25) is 4.79 Å². The summed E-state index contributed by atoms with van der Waals surface area (Å²) in [4.78, 5) is 9.91. The smallest absolute Gasteiger partial charge is 0.298 e. The van der Waals surface area contributed by atoms with Gasteiger partial charge >= 0.3 is 0 Å². The summed E-state index contributed by atoms with van der Waals surface area (Å²) in [5, 5.41) is 0. The van der Waals surface area contributed by atoms with Gasteiger partial charge in [-0.05, 0) is 12.1 Å². The van der Waals surface area contributed by atoms with Crippen molar-refractivity contribution < 1.29 is 12.6 Å². The summed E-state index contributed by atoms with van der Waals surface area (Å²) in [6.45, 7) is 0.381. The Hall–Kier alpha value is -0.780. The lowest BCUT2D eigenvalue weighted by Crippen LogP contribution is -1.87. The molecule has 0 aliphatic carbocycles. The summed E-state index contributed by atoms with van der Waals surface area (Å²) in [6.07, 6.45) is 0. The van der Waals surface area contributed by atoms with Crippen LogP contribution in [0.1, 0.15) is 0 Å². The second-order valence-corrected chi connectivity index (χ2v) is 2.21. The van der Waals surface area contributed by atoms with E-state index in [0.29, 0.717) is 18.0 Å². The van der Waals surface area contributed by atoms with Gasteiger partial charge in [0.25, 0.3) is 6.47 Å². The maximum atomic E-state index is 9.91. The van der Waals surface area contributed by atoms with Gasteiger partial charge in [0.2, 0.25) is 0 Å². The van der Waals surface area contributed by atoms with Gasteiger partial charge in [-0.15, -0.1) is 0 Å². The Bertz CT molecular complexity index is 249. The summed E-state index contributed by atoms with van der Waals surface area (Å²) in [7, 11) is 0. The Labute approximate surface area is 78.0 Å². The molecule has 3 nitrogen and oxygen atoms in total. The van der Waals surface area contributed by atoms with Crippen molar-refractivity contribution in [3.05, 3.63) is 24.3 Å². The molecule has 0 aromatic heterocycles. The van der Waals surface area contributed by atoms with E-state index in [0.717, 1.165) is 0 Å². The van der Waals surface area contributed by atoms with Gasteiger partial charge in [0.1, 0.15) is 11.5 Å². The number of hydrogen-bond donors (Lipinski definition) is 0. The zero-order valence-electron chi connectivity index (χ0n) is 5.49. The fourth-order valence-corrected chi connectivity index (χ4v) is 0.925. The van der Waals surface area contributed by atoms with Crippen molar-refractivity contribution in [1.29, 1.82) is 0 Å². The van der Waals surface area contributed by atoms with Crippen LogP contribution in [0, 0.1) is 0 Å². The highest BCUT2D eigenvalue weighted by Crippen LogP contribution is 2.19. The third-order valence-electron chi connectivity index (χ3n) is 1.08. The third-order valence-corrected chi connectivity index (χ3v) is 1.59. The highest BCUT2D eigenvalue weighted by molar-refractivity contribution is 14.1. The SMILES string of the molecule is O=COc1cccc(OI)c1. The number of ether oxygens (including phenoxy) is 1. The first-order chi connectivity index (χ1) is 5.36. The summed E-state index contributed by atoms with van der Waals surface area (Å²) in [6, 6.07) is 6.81. The lowest BCUT2D eigenvalue weighted by molar-refractivity contribution is -0.120. The van der Waals surface area contributed by atoms with Gasteiger partial charge < -0.3 is 7.80 Å². The van der Waals surface area contributed by atoms with Crippen molar-refractivity contribution in [3.63, 3.8) is 0 Å². The fraction of sp³-hybridized carbons (Fsp3) is 0. The van der Waals surface area contributed by atoms with Gasteiger partial charge in [-0.25, -0.2) is 0 Å². The van der Waals surface area contributed by atoms with E-state index in [9.17, 15) is 4.79 Å². The summed E-state index contributed by atoms with van der Waals surface area (Å²) in [5.41, 5.74) is 0. The standard InChI is InChI=1S/C7H5IO3/c8-11-7-3-1-2-6(4-7)10-5-9/h1-5H. The molecule has 1 rings (SSSR count). The predicted octanol–water partition coefficient (Wildman–Crippen LogP) is 1.95. The molecule has 0 N–H and O–H groups in total. The minimum absolute atomic E-state index is 0.381. The van der Waals surface area contributed by atoms with Gasteiger partial charge in [-0.2, -0.15) is 0 Å². The molecule has 0 atom stereocenters. The monoisotopic (exact) mass is 264 g/mol. The topological polar surface area (TPSA) is 35.5 Å². The van der Waals surface area contributed by atoms with E-state index < -0.39 is 0 Å². The molecule has 58 valence electrons. The van der Waals surface area contributed by atoms with Crippen LogP contribution in [0.3, 0.4) is 0 Å². The highest BCUT2D eigenvalue weighted by Gasteiger charge is 1.94. The zero-order valence-corrected chi connectivity index (χ0v) is 7.65. The predicted molar refractivity (Wildman–Crippen MR) is 47.8 cm³/mol. The van der Waals surface area contributed by atoms with Crippen LogP contribution in [-0.2, 0) is 4.79 Å². The van der Waals surface area contributed by atoms with Crippen LogP contribution in [0.2, 0.25) is 0 Å². The minimum atomic E-state index is 0.381. The van der Waals surface area contributed by atoms with Crippen molar-refractivity contribution >= 4 is 29.5 Å². The van der Waals surface area contributed by atoms with Crippen LogP contribution in [0.4, 0.5) is 0 Å². The van der Waals surface area contributed by atoms with Crippen LogP contribution in [0.25, 0.3) is 0 Å². The van der Waals surface area contributed by atoms with Crippen LogP contribution < -0.4 is 7.80 Å². The molecule has 0 saturated heterocycles. The van der Waals surface area contributed by atoms with Crippen molar-refractivity contribution in [2.24, 2.45) is 0 Å². The molecule has 0 radical (unpaired) electrons. The van der Waals surface area contributed by atoms with E-state index in [1.807, 2.05) is 0 Å². The third kappa shape index (κ3) is 2.38. The number of carbonyl (C=O) groups excluding carboxylic acids is 1. The Morgan fingerprint density at radius 3 is 2.73 bits per heavy atom. The molecule has 0 bridgehead atoms. The van der Waals surface area contributed by atoms with Gasteiger partial charge in [0.05, 0.1) is 0 Å². The second kappa shape index (κ2) is 4.17. The highest BCUT2D eigenvalue weighted by atomic mass is 127. The van der Waals surface area contributed by atoms with E-state index in [-0.39, 0.29) is 0 Å². The molecule has 0 aliphatic rings. The fourth-order valence-electron chi connectivity index (χ4n) is 0.651. The summed E-state index contributed by atoms with van der Waals surface area (Å²) < 4.78 is 9.46. The quantitative estimate of drug-likeness (QED) is 0.618. The first-order valence-corrected chi connectivity index (χ1v) is 3.74. The first-order valence-electron chi connectivity index (χ1n) is 2.86. The molecule has 1 aromatic rings. The molecule has 0 fully saturated rings. The van der Waals surface area contributed by atoms with Crippen LogP contribution >= 0.6 is 23.0 Å². The zero-order chi connectivity index (χ0) is 8.10. The molecule has 0 amide bonds. The van der Waals surface area contributed by atoms with Gasteiger partial charge in [0, 0.05) is 6.07 Å². The number of hydrogen-bond acceptors (Lipinski definition) is 3. The number of carbonyl (C=O) groups is 1. The molecule has 4 heteroatoms. The normalized spacial score (nSPS) is 8.82. The lowest BCUT2D eigenvalue weighted by Gasteiger charge is -1.98. The molecule has 0 unspecified atom stereocenters. The summed E-state index contributed by atoms with van der Waals surface area (Å²) in [5.74, 6) is 1.14. The van der Waals surface area contributed by atoms with Crippen molar-refractivity contribution in [2.45, 2.75) is 0 Å². The average molecular weight is 264 g/mol. The van der Waals surface area contributed by atoms with E-state index in [2.05, 4.69) is 4.74 Å². The van der Waals surface area contributed by atoms with E-state index in [1.54, 1.807) is 47.3 Å². The first kappa shape index (κ1) is 8.32. The van der Waals surface area contributed by atoms with Crippen molar-refractivity contribution in [1.82, 2.24) is 0 Å². The average Bonchev–Trinajstić information content (AvgIpc) is 2.06. The molecule has 1 aromatic carbocycles. The molecule has 0 aliphatic heterocycles. The number of halogens is 1. The van der Waals surface area contributed by atoms with E-state index >= 15 is 0 Å². The van der Waals surface area contributed by atoms with Gasteiger partial charge in [-0.1, -0.05) is 6.07 Å². The van der Waals surface area contributed by atoms with Crippen LogP contribution in [0.5, 0.6) is 11.5 Å².